The van der Waals surface area contributed by atoms with Crippen LogP contribution < -0.4 is 4.90 Å². The molecule has 1 aromatic carbocycles. The zero-order valence-electron chi connectivity index (χ0n) is 18.0. The van der Waals surface area contributed by atoms with Gasteiger partial charge in [0.05, 0.1) is 23.0 Å². The molecule has 0 spiro atoms. The van der Waals surface area contributed by atoms with Crippen molar-refractivity contribution in [2.24, 2.45) is 0 Å². The molecule has 6 heteroatoms. The minimum Gasteiger partial charge on any atom is -0.324 e. The number of amides is 2. The topological polar surface area (TPSA) is 63.5 Å². The minimum absolute atomic E-state index is 0.0950. The van der Waals surface area contributed by atoms with E-state index in [-0.39, 0.29) is 11.4 Å². The van der Waals surface area contributed by atoms with Crippen LogP contribution in [0.1, 0.15) is 43.5 Å². The number of carbonyl (C=O) groups excluding carboxylic acids is 1. The summed E-state index contributed by atoms with van der Waals surface area (Å²) in [4.78, 5) is 24.0. The molecule has 0 saturated carbocycles. The highest BCUT2D eigenvalue weighted by Gasteiger charge is 2.41. The van der Waals surface area contributed by atoms with Crippen molar-refractivity contribution in [1.29, 1.82) is 5.26 Å². The van der Waals surface area contributed by atoms with E-state index < -0.39 is 0 Å². The Morgan fingerprint density at radius 2 is 2.03 bits per heavy atom. The summed E-state index contributed by atoms with van der Waals surface area (Å²) in [5.41, 5.74) is 3.68. The summed E-state index contributed by atoms with van der Waals surface area (Å²) in [6, 6.07) is 14.4. The number of fused-ring (bicyclic) bond motifs is 1. The first-order chi connectivity index (χ1) is 14.4. The third-order valence-corrected chi connectivity index (χ3v) is 6.35. The van der Waals surface area contributed by atoms with Crippen molar-refractivity contribution in [2.45, 2.75) is 44.7 Å². The van der Waals surface area contributed by atoms with Gasteiger partial charge in [0.25, 0.3) is 0 Å². The van der Waals surface area contributed by atoms with Gasteiger partial charge >= 0.3 is 6.03 Å². The van der Waals surface area contributed by atoms with Gasteiger partial charge in [0.1, 0.15) is 0 Å². The van der Waals surface area contributed by atoms with Crippen molar-refractivity contribution in [3.05, 3.63) is 59.4 Å². The van der Waals surface area contributed by atoms with Gasteiger partial charge < -0.3 is 4.90 Å². The van der Waals surface area contributed by atoms with Crippen molar-refractivity contribution in [2.75, 3.05) is 31.6 Å². The molecule has 4 rings (SSSR count). The van der Waals surface area contributed by atoms with Gasteiger partial charge in [-0.05, 0) is 49.7 Å². The molecule has 2 aliphatic rings. The molecule has 0 unspecified atom stereocenters. The summed E-state index contributed by atoms with van der Waals surface area (Å²) in [5.74, 6) is 0. The first kappa shape index (κ1) is 20.4. The number of nitrogens with zero attached hydrogens (tertiary/aromatic N) is 5. The van der Waals surface area contributed by atoms with Crippen LogP contribution in [0.5, 0.6) is 0 Å². The second kappa shape index (κ2) is 8.08. The molecule has 2 amide bonds. The Balaban J connectivity index is 1.37. The predicted molar refractivity (Wildman–Crippen MR) is 117 cm³/mol. The number of likely N-dealkylation sites (tertiary alicyclic amines) is 1. The van der Waals surface area contributed by atoms with Crippen LogP contribution in [0.15, 0.2) is 42.6 Å². The summed E-state index contributed by atoms with van der Waals surface area (Å²) in [6.07, 6.45) is 3.72. The van der Waals surface area contributed by atoms with E-state index in [1.54, 1.807) is 0 Å². The first-order valence-corrected chi connectivity index (χ1v) is 10.6. The van der Waals surface area contributed by atoms with E-state index in [1.165, 1.54) is 0 Å². The van der Waals surface area contributed by atoms with Crippen molar-refractivity contribution in [1.82, 2.24) is 14.8 Å². The molecular weight excluding hydrogens is 374 g/mol. The number of pyridine rings is 1. The monoisotopic (exact) mass is 403 g/mol. The van der Waals surface area contributed by atoms with Gasteiger partial charge in [0.2, 0.25) is 0 Å². The normalized spacial score (nSPS) is 18.4. The molecule has 156 valence electrons. The van der Waals surface area contributed by atoms with Crippen LogP contribution in [0.25, 0.3) is 0 Å². The number of piperidine rings is 1. The molecular formula is C24H29N5O. The van der Waals surface area contributed by atoms with Gasteiger partial charge in [-0.2, -0.15) is 5.26 Å². The smallest absolute Gasteiger partial charge is 0.324 e. The van der Waals surface area contributed by atoms with Crippen LogP contribution in [-0.4, -0.2) is 53.5 Å². The van der Waals surface area contributed by atoms with Gasteiger partial charge in [-0.15, -0.1) is 0 Å². The highest BCUT2D eigenvalue weighted by Crippen LogP contribution is 2.39. The van der Waals surface area contributed by atoms with Crippen LogP contribution in [0.2, 0.25) is 0 Å². The second-order valence-corrected chi connectivity index (χ2v) is 9.07. The molecule has 0 bridgehead atoms. The third-order valence-electron chi connectivity index (χ3n) is 6.35. The van der Waals surface area contributed by atoms with Gasteiger partial charge in [0, 0.05) is 43.8 Å². The number of hydrogen-bond acceptors (Lipinski definition) is 4. The lowest BCUT2D eigenvalue weighted by Gasteiger charge is -2.38. The Morgan fingerprint density at radius 1 is 1.27 bits per heavy atom. The Labute approximate surface area is 178 Å². The first-order valence-electron chi connectivity index (χ1n) is 10.6. The van der Waals surface area contributed by atoms with Crippen LogP contribution in [0, 0.1) is 11.3 Å². The van der Waals surface area contributed by atoms with E-state index in [2.05, 4.69) is 42.9 Å². The second-order valence-electron chi connectivity index (χ2n) is 9.07. The fraction of sp³-hybridized carbons (Fsp3) is 0.458. The van der Waals surface area contributed by atoms with E-state index in [0.29, 0.717) is 18.2 Å². The van der Waals surface area contributed by atoms with Gasteiger partial charge in [0.15, 0.2) is 0 Å². The van der Waals surface area contributed by atoms with Crippen LogP contribution in [-0.2, 0) is 12.0 Å². The Bertz CT molecular complexity index is 972. The fourth-order valence-electron chi connectivity index (χ4n) is 4.69. The van der Waals surface area contributed by atoms with Crippen LogP contribution >= 0.6 is 0 Å². The summed E-state index contributed by atoms with van der Waals surface area (Å²) >= 11 is 0. The quantitative estimate of drug-likeness (QED) is 0.783. The zero-order valence-corrected chi connectivity index (χ0v) is 18.0. The highest BCUT2D eigenvalue weighted by molar-refractivity contribution is 5.94. The predicted octanol–water partition coefficient (Wildman–Crippen LogP) is 3.77. The molecule has 30 heavy (non-hydrogen) atoms. The van der Waals surface area contributed by atoms with E-state index in [9.17, 15) is 4.79 Å². The summed E-state index contributed by atoms with van der Waals surface area (Å²) < 4.78 is 0. The van der Waals surface area contributed by atoms with Crippen molar-refractivity contribution in [3.8, 4) is 6.07 Å². The van der Waals surface area contributed by atoms with E-state index >= 15 is 0 Å². The Morgan fingerprint density at radius 3 is 2.77 bits per heavy atom. The molecule has 1 fully saturated rings. The number of rotatable bonds is 3. The number of nitriles is 1. The molecule has 6 nitrogen and oxygen atoms in total. The molecule has 0 radical (unpaired) electrons. The lowest BCUT2D eigenvalue weighted by molar-refractivity contribution is 0.133. The van der Waals surface area contributed by atoms with Crippen LogP contribution in [0.3, 0.4) is 0 Å². The number of aromatic nitrogens is 1. The maximum absolute atomic E-state index is 13.3. The molecule has 2 aromatic rings. The van der Waals surface area contributed by atoms with Crippen LogP contribution in [0.4, 0.5) is 10.5 Å². The summed E-state index contributed by atoms with van der Waals surface area (Å²) in [6.45, 7) is 7.31. The fourth-order valence-corrected chi connectivity index (χ4v) is 4.69. The zero-order chi connectivity index (χ0) is 21.3. The van der Waals surface area contributed by atoms with Crippen molar-refractivity contribution in [3.63, 3.8) is 0 Å². The standard InChI is InChI=1S/C24H29N5O/c1-24(2)17-29(21-8-5-11-26-22(21)24)23(30)28-12-9-20(10-13-28)27(3)16-19-7-4-6-18(14-19)15-25/h4-8,11,14,20H,9-10,12-13,16-17H2,1-3H3. The van der Waals surface area contributed by atoms with E-state index in [4.69, 9.17) is 5.26 Å². The van der Waals surface area contributed by atoms with Crippen molar-refractivity contribution < 1.29 is 4.79 Å². The maximum Gasteiger partial charge on any atom is 0.324 e. The molecule has 0 aliphatic carbocycles. The average Bonchev–Trinajstić information content (AvgIpc) is 3.04. The maximum atomic E-state index is 13.3. The number of carbonyl (C=O) groups is 1. The summed E-state index contributed by atoms with van der Waals surface area (Å²) in [7, 11) is 2.13. The van der Waals surface area contributed by atoms with E-state index in [0.717, 1.165) is 49.4 Å². The molecule has 0 atom stereocenters. The molecule has 1 saturated heterocycles. The molecule has 3 heterocycles. The molecule has 0 N–H and O–H groups in total. The highest BCUT2D eigenvalue weighted by atomic mass is 16.2. The van der Waals surface area contributed by atoms with Gasteiger partial charge in [-0.25, -0.2) is 4.79 Å². The Kier molecular flexibility index (Phi) is 5.48. The number of benzene rings is 1. The van der Waals surface area contributed by atoms with Gasteiger partial charge in [-0.3, -0.25) is 14.8 Å². The SMILES string of the molecule is CN(Cc1cccc(C#N)c1)C1CCN(C(=O)N2CC(C)(C)c3ncccc32)CC1. The number of hydrogen-bond donors (Lipinski definition) is 0. The molecule has 2 aliphatic heterocycles. The third kappa shape index (κ3) is 3.90. The number of urea groups is 1. The largest absolute Gasteiger partial charge is 0.324 e. The summed E-state index contributed by atoms with van der Waals surface area (Å²) in [5, 5.41) is 9.10. The lowest BCUT2D eigenvalue weighted by atomic mass is 9.91. The number of anilines is 1. The Hall–Kier alpha value is -2.91. The van der Waals surface area contributed by atoms with Crippen molar-refractivity contribution >= 4 is 11.7 Å². The molecule has 1 aromatic heterocycles. The van der Waals surface area contributed by atoms with E-state index in [1.807, 2.05) is 46.3 Å². The lowest BCUT2D eigenvalue weighted by Crippen LogP contribution is -2.50. The minimum atomic E-state index is -0.122. The average molecular weight is 404 g/mol. The van der Waals surface area contributed by atoms with Gasteiger partial charge in [-0.1, -0.05) is 26.0 Å².